The summed E-state index contributed by atoms with van der Waals surface area (Å²) in [5.41, 5.74) is 0.398. The fourth-order valence-electron chi connectivity index (χ4n) is 6.40. The maximum Gasteiger partial charge on any atom is 0.407 e. The summed E-state index contributed by atoms with van der Waals surface area (Å²) in [7, 11) is 0. The zero-order valence-electron chi connectivity index (χ0n) is 15.5. The topological polar surface area (TPSA) is 72.9 Å². The lowest BCUT2D eigenvalue weighted by Crippen LogP contribution is -2.62. The van der Waals surface area contributed by atoms with Gasteiger partial charge in [0, 0.05) is 37.0 Å². The Morgan fingerprint density at radius 1 is 1.24 bits per heavy atom. The Labute approximate surface area is 149 Å². The molecule has 1 saturated carbocycles. The van der Waals surface area contributed by atoms with Gasteiger partial charge in [-0.25, -0.2) is 4.79 Å². The Bertz CT molecular complexity index is 572. The van der Waals surface area contributed by atoms with Crippen molar-refractivity contribution in [2.75, 3.05) is 26.2 Å². The van der Waals surface area contributed by atoms with E-state index in [-0.39, 0.29) is 16.7 Å². The molecule has 4 unspecified atom stereocenters. The molecule has 25 heavy (non-hydrogen) atoms. The summed E-state index contributed by atoms with van der Waals surface area (Å²) in [5.74, 6) is 0.835. The number of amides is 2. The second-order valence-corrected chi connectivity index (χ2v) is 8.97. The average molecular weight is 349 g/mol. The Balaban J connectivity index is 1.38. The fourth-order valence-corrected chi connectivity index (χ4v) is 6.40. The van der Waals surface area contributed by atoms with Crippen molar-refractivity contribution in [1.82, 2.24) is 15.1 Å². The normalized spacial score (nSPS) is 40.5. The highest BCUT2D eigenvalue weighted by Gasteiger charge is 2.58. The molecule has 4 aliphatic rings. The number of carboxylic acid groups (broad SMARTS) is 1. The summed E-state index contributed by atoms with van der Waals surface area (Å²) in [5, 5.41) is 12.4. The monoisotopic (exact) mass is 349 g/mol. The third kappa shape index (κ3) is 2.56. The van der Waals surface area contributed by atoms with Gasteiger partial charge in [-0.15, -0.1) is 0 Å². The molecule has 2 N–H and O–H groups in total. The second-order valence-electron chi connectivity index (χ2n) is 8.97. The van der Waals surface area contributed by atoms with E-state index >= 15 is 0 Å². The third-order valence-corrected chi connectivity index (χ3v) is 8.03. The average Bonchev–Trinajstić information content (AvgIpc) is 3.11. The second kappa shape index (κ2) is 5.86. The van der Waals surface area contributed by atoms with Crippen molar-refractivity contribution >= 4 is 12.0 Å². The molecule has 0 aromatic carbocycles. The van der Waals surface area contributed by atoms with E-state index in [1.165, 1.54) is 0 Å². The zero-order valence-corrected chi connectivity index (χ0v) is 15.5. The van der Waals surface area contributed by atoms with Crippen molar-refractivity contribution in [2.45, 2.75) is 64.5 Å². The number of likely N-dealkylation sites (tertiary alicyclic amines) is 2. The molecular formula is C19H31N3O3. The molecule has 6 nitrogen and oxygen atoms in total. The molecule has 6 heteroatoms. The van der Waals surface area contributed by atoms with Crippen LogP contribution in [0, 0.1) is 16.7 Å². The van der Waals surface area contributed by atoms with Crippen LogP contribution in [0.25, 0.3) is 0 Å². The van der Waals surface area contributed by atoms with Crippen molar-refractivity contribution in [2.24, 2.45) is 16.7 Å². The Morgan fingerprint density at radius 3 is 2.44 bits per heavy atom. The fraction of sp³-hybridized carbons (Fsp3) is 0.895. The van der Waals surface area contributed by atoms with Crippen LogP contribution >= 0.6 is 0 Å². The third-order valence-electron chi connectivity index (χ3n) is 8.03. The molecule has 3 saturated heterocycles. The summed E-state index contributed by atoms with van der Waals surface area (Å²) in [6, 6.07) is 0.910. The van der Waals surface area contributed by atoms with Crippen LogP contribution in [0.15, 0.2) is 0 Å². The molecule has 4 rings (SSSR count). The predicted molar refractivity (Wildman–Crippen MR) is 94.3 cm³/mol. The SMILES string of the molecule is CCC1C(N2CCC3(CC2)CC(=O)NC3C)CC12CCN(C(=O)O)C2. The molecule has 4 atom stereocenters. The molecule has 2 amide bonds. The maximum absolute atomic E-state index is 11.8. The molecule has 0 radical (unpaired) electrons. The number of rotatable bonds is 2. The number of carbonyl (C=O) groups is 2. The first-order valence-electron chi connectivity index (χ1n) is 9.90. The Hall–Kier alpha value is -1.30. The first-order valence-corrected chi connectivity index (χ1v) is 9.90. The minimum absolute atomic E-state index is 0.171. The van der Waals surface area contributed by atoms with Gasteiger partial charge in [0.2, 0.25) is 5.91 Å². The summed E-state index contributed by atoms with van der Waals surface area (Å²) in [6.07, 6.45) is 5.46. The van der Waals surface area contributed by atoms with E-state index in [4.69, 9.17) is 0 Å². The van der Waals surface area contributed by atoms with E-state index in [1.807, 2.05) is 0 Å². The van der Waals surface area contributed by atoms with E-state index in [0.29, 0.717) is 31.0 Å². The largest absolute Gasteiger partial charge is 0.465 e. The van der Waals surface area contributed by atoms with Crippen molar-refractivity contribution in [3.05, 3.63) is 0 Å². The summed E-state index contributed by atoms with van der Waals surface area (Å²) in [4.78, 5) is 27.3. The standard InChI is InChI=1S/C19H31N3O3/c1-3-14-15(10-19(14)6-9-22(12-19)17(24)25)21-7-4-18(5-8-21)11-16(23)20-13(18)2/h13-15H,3-12H2,1-2H3,(H,20,23)(H,24,25). The number of nitrogens with one attached hydrogen (secondary N) is 1. The molecule has 1 aliphatic carbocycles. The van der Waals surface area contributed by atoms with Gasteiger partial charge < -0.3 is 20.2 Å². The van der Waals surface area contributed by atoms with Gasteiger partial charge in [0.1, 0.15) is 0 Å². The number of hydrogen-bond donors (Lipinski definition) is 2. The summed E-state index contributed by atoms with van der Waals surface area (Å²) in [6.45, 7) is 8.01. The molecule has 2 spiro atoms. The Morgan fingerprint density at radius 2 is 1.92 bits per heavy atom. The molecule has 3 heterocycles. The number of hydrogen-bond acceptors (Lipinski definition) is 3. The van der Waals surface area contributed by atoms with Crippen molar-refractivity contribution in [3.63, 3.8) is 0 Å². The highest BCUT2D eigenvalue weighted by atomic mass is 16.4. The summed E-state index contributed by atoms with van der Waals surface area (Å²) < 4.78 is 0. The van der Waals surface area contributed by atoms with Gasteiger partial charge in [-0.05, 0) is 57.0 Å². The maximum atomic E-state index is 11.8. The van der Waals surface area contributed by atoms with Gasteiger partial charge in [0.15, 0.2) is 0 Å². The number of piperidine rings is 1. The molecule has 140 valence electrons. The number of nitrogens with zero attached hydrogens (tertiary/aromatic N) is 2. The smallest absolute Gasteiger partial charge is 0.407 e. The molecule has 4 fully saturated rings. The van der Waals surface area contributed by atoms with E-state index < -0.39 is 6.09 Å². The molecule has 0 aromatic heterocycles. The minimum Gasteiger partial charge on any atom is -0.465 e. The van der Waals surface area contributed by atoms with E-state index in [9.17, 15) is 14.7 Å². The first-order chi connectivity index (χ1) is 11.9. The highest BCUT2D eigenvalue weighted by Crippen LogP contribution is 2.57. The molecule has 3 aliphatic heterocycles. The van der Waals surface area contributed by atoms with E-state index in [1.54, 1.807) is 4.90 Å². The Kier molecular flexibility index (Phi) is 4.02. The van der Waals surface area contributed by atoms with E-state index in [2.05, 4.69) is 24.1 Å². The van der Waals surface area contributed by atoms with Gasteiger partial charge in [0.25, 0.3) is 0 Å². The van der Waals surface area contributed by atoms with Crippen LogP contribution in [0.3, 0.4) is 0 Å². The van der Waals surface area contributed by atoms with Gasteiger partial charge >= 0.3 is 6.09 Å². The molecular weight excluding hydrogens is 318 g/mol. The lowest BCUT2D eigenvalue weighted by molar-refractivity contribution is -0.120. The quantitative estimate of drug-likeness (QED) is 0.801. The zero-order chi connectivity index (χ0) is 17.8. The minimum atomic E-state index is -0.762. The van der Waals surface area contributed by atoms with Crippen LogP contribution in [0.4, 0.5) is 4.79 Å². The van der Waals surface area contributed by atoms with E-state index in [0.717, 1.165) is 51.7 Å². The van der Waals surface area contributed by atoms with Gasteiger partial charge in [0.05, 0.1) is 0 Å². The van der Waals surface area contributed by atoms with Crippen LogP contribution in [0.1, 0.15) is 52.4 Å². The molecule has 0 aromatic rings. The van der Waals surface area contributed by atoms with Crippen molar-refractivity contribution in [3.8, 4) is 0 Å². The van der Waals surface area contributed by atoms with Gasteiger partial charge in [-0.2, -0.15) is 0 Å². The first kappa shape index (κ1) is 17.1. The van der Waals surface area contributed by atoms with Crippen molar-refractivity contribution < 1.29 is 14.7 Å². The summed E-state index contributed by atoms with van der Waals surface area (Å²) >= 11 is 0. The van der Waals surface area contributed by atoms with Crippen LogP contribution in [-0.4, -0.2) is 65.2 Å². The predicted octanol–water partition coefficient (Wildman–Crippen LogP) is 2.15. The lowest BCUT2D eigenvalue weighted by Gasteiger charge is -2.59. The van der Waals surface area contributed by atoms with Crippen LogP contribution in [-0.2, 0) is 4.79 Å². The number of carbonyl (C=O) groups excluding carboxylic acids is 1. The van der Waals surface area contributed by atoms with Gasteiger partial charge in [-0.1, -0.05) is 13.3 Å². The van der Waals surface area contributed by atoms with Crippen LogP contribution in [0.5, 0.6) is 0 Å². The lowest BCUT2D eigenvalue weighted by atomic mass is 9.54. The molecule has 0 bridgehead atoms. The highest BCUT2D eigenvalue weighted by molar-refractivity contribution is 5.79. The van der Waals surface area contributed by atoms with Crippen molar-refractivity contribution in [1.29, 1.82) is 0 Å². The van der Waals surface area contributed by atoms with Crippen LogP contribution in [0.2, 0.25) is 0 Å². The van der Waals surface area contributed by atoms with Crippen LogP contribution < -0.4 is 5.32 Å². The van der Waals surface area contributed by atoms with Gasteiger partial charge in [-0.3, -0.25) is 4.79 Å².